The van der Waals surface area contributed by atoms with Gasteiger partial charge in [0.1, 0.15) is 0 Å². The van der Waals surface area contributed by atoms with Crippen LogP contribution in [-0.4, -0.2) is 11.0 Å². The van der Waals surface area contributed by atoms with Crippen molar-refractivity contribution in [1.82, 2.24) is 10.6 Å². The first-order valence-electron chi connectivity index (χ1n) is 7.87. The van der Waals surface area contributed by atoms with Gasteiger partial charge in [-0.25, -0.2) is 0 Å². The summed E-state index contributed by atoms with van der Waals surface area (Å²) in [5.74, 6) is -0.157. The summed E-state index contributed by atoms with van der Waals surface area (Å²) in [6.45, 7) is 3.83. The van der Waals surface area contributed by atoms with Crippen molar-refractivity contribution in [2.45, 2.75) is 19.9 Å². The van der Waals surface area contributed by atoms with Crippen LogP contribution in [0.15, 0.2) is 64.3 Å². The molecule has 0 saturated carbocycles. The highest BCUT2D eigenvalue weighted by Crippen LogP contribution is 2.32. The maximum atomic E-state index is 13.0. The number of aryl methyl sites for hydroxylation is 1. The van der Waals surface area contributed by atoms with Crippen molar-refractivity contribution >= 4 is 44.9 Å². The molecule has 0 unspecified atom stereocenters. The molecule has 0 radical (unpaired) electrons. The van der Waals surface area contributed by atoms with E-state index in [0.29, 0.717) is 10.7 Å². The van der Waals surface area contributed by atoms with Crippen molar-refractivity contribution < 1.29 is 4.79 Å². The number of rotatable bonds is 3. The minimum Gasteiger partial charge on any atom is -0.351 e. The molecule has 25 heavy (non-hydrogen) atoms. The summed E-state index contributed by atoms with van der Waals surface area (Å²) in [6.07, 6.45) is 0. The summed E-state index contributed by atoms with van der Waals surface area (Å²) in [5, 5.41) is 9.77. The highest BCUT2D eigenvalue weighted by Gasteiger charge is 2.31. The third-order valence-corrected chi connectivity index (χ3v) is 5.07. The second-order valence-corrected chi connectivity index (χ2v) is 7.12. The van der Waals surface area contributed by atoms with E-state index in [9.17, 15) is 4.79 Å². The van der Waals surface area contributed by atoms with Crippen molar-refractivity contribution in [1.29, 1.82) is 0 Å². The van der Waals surface area contributed by atoms with Gasteiger partial charge < -0.3 is 16.0 Å². The molecule has 0 aliphatic carbocycles. The number of amides is 1. The zero-order valence-electron chi connectivity index (χ0n) is 13.9. The Labute approximate surface area is 160 Å². The lowest BCUT2D eigenvalue weighted by Crippen LogP contribution is -2.45. The predicted molar refractivity (Wildman–Crippen MR) is 108 cm³/mol. The highest BCUT2D eigenvalue weighted by atomic mass is 79.9. The Kier molecular flexibility index (Phi) is 5.20. The molecule has 2 aromatic rings. The summed E-state index contributed by atoms with van der Waals surface area (Å²) in [5.41, 5.74) is 4.13. The highest BCUT2D eigenvalue weighted by molar-refractivity contribution is 9.10. The second-order valence-electron chi connectivity index (χ2n) is 5.86. The van der Waals surface area contributed by atoms with Crippen LogP contribution in [0, 0.1) is 6.92 Å². The van der Waals surface area contributed by atoms with Crippen LogP contribution in [-0.2, 0) is 4.79 Å². The van der Waals surface area contributed by atoms with Crippen LogP contribution in [0.1, 0.15) is 24.1 Å². The molecule has 0 aromatic heterocycles. The minimum atomic E-state index is -0.326. The Balaban J connectivity index is 1.99. The van der Waals surface area contributed by atoms with E-state index >= 15 is 0 Å². The quantitative estimate of drug-likeness (QED) is 0.657. The molecule has 0 saturated heterocycles. The van der Waals surface area contributed by atoms with Crippen LogP contribution in [0.5, 0.6) is 0 Å². The summed E-state index contributed by atoms with van der Waals surface area (Å²) in [6, 6.07) is 15.2. The van der Waals surface area contributed by atoms with Gasteiger partial charge in [-0.3, -0.25) is 4.79 Å². The molecule has 1 atom stereocenters. The maximum absolute atomic E-state index is 13.0. The van der Waals surface area contributed by atoms with E-state index in [-0.39, 0.29) is 11.9 Å². The first kappa shape index (κ1) is 17.6. The van der Waals surface area contributed by atoms with Crippen molar-refractivity contribution in [2.75, 3.05) is 5.32 Å². The third kappa shape index (κ3) is 3.75. The van der Waals surface area contributed by atoms with Gasteiger partial charge in [0.25, 0.3) is 5.91 Å². The Morgan fingerprint density at radius 2 is 1.80 bits per heavy atom. The molecule has 0 fully saturated rings. The fourth-order valence-electron chi connectivity index (χ4n) is 2.84. The zero-order chi connectivity index (χ0) is 18.0. The van der Waals surface area contributed by atoms with Crippen molar-refractivity contribution in [2.24, 2.45) is 0 Å². The van der Waals surface area contributed by atoms with Crippen molar-refractivity contribution in [3.63, 3.8) is 0 Å². The number of thiocarbonyl (C=S) groups is 1. The van der Waals surface area contributed by atoms with Gasteiger partial charge in [-0.1, -0.05) is 52.3 Å². The first-order valence-corrected chi connectivity index (χ1v) is 9.07. The molecule has 1 amide bonds. The number of anilines is 1. The SMILES string of the molecule is CC1=C(C(=O)Nc2ccccc2C)[C@@H](c2ccccc2Br)NC(=S)N1. The van der Waals surface area contributed by atoms with Gasteiger partial charge in [0, 0.05) is 15.9 Å². The molecule has 1 heterocycles. The Bertz CT molecular complexity index is 878. The molecule has 6 heteroatoms. The Hall–Kier alpha value is -2.18. The number of halogens is 1. The van der Waals surface area contributed by atoms with Crippen molar-refractivity contribution in [3.05, 3.63) is 75.4 Å². The van der Waals surface area contributed by atoms with Gasteiger partial charge in [-0.15, -0.1) is 0 Å². The Morgan fingerprint density at radius 3 is 2.52 bits per heavy atom. The summed E-state index contributed by atoms with van der Waals surface area (Å²) >= 11 is 8.86. The maximum Gasteiger partial charge on any atom is 0.255 e. The number of carbonyl (C=O) groups excluding carboxylic acids is 1. The normalized spacial score (nSPS) is 16.9. The molecule has 1 aliphatic rings. The van der Waals surface area contributed by atoms with Gasteiger partial charge in [-0.05, 0) is 49.3 Å². The monoisotopic (exact) mass is 415 g/mol. The fourth-order valence-corrected chi connectivity index (χ4v) is 3.62. The minimum absolute atomic E-state index is 0.157. The van der Waals surface area contributed by atoms with Crippen LogP contribution < -0.4 is 16.0 Å². The molecule has 3 rings (SSSR count). The van der Waals surface area contributed by atoms with Gasteiger partial charge >= 0.3 is 0 Å². The van der Waals surface area contributed by atoms with E-state index in [0.717, 1.165) is 27.0 Å². The van der Waals surface area contributed by atoms with Gasteiger partial charge in [-0.2, -0.15) is 0 Å². The Morgan fingerprint density at radius 1 is 1.12 bits per heavy atom. The van der Waals surface area contributed by atoms with E-state index < -0.39 is 0 Å². The molecule has 0 bridgehead atoms. The molecule has 3 N–H and O–H groups in total. The molecule has 2 aromatic carbocycles. The standard InChI is InChI=1S/C19H18BrN3OS/c1-11-7-3-6-10-15(11)22-18(24)16-12(2)21-19(25)23-17(16)13-8-4-5-9-14(13)20/h3-10,17H,1-2H3,(H,22,24)(H2,21,23,25)/t17-/m1/s1. The van der Waals surface area contributed by atoms with Crippen LogP contribution in [0.4, 0.5) is 5.69 Å². The molecular formula is C19H18BrN3OS. The fraction of sp³-hybridized carbons (Fsp3) is 0.158. The molecule has 4 nitrogen and oxygen atoms in total. The number of benzene rings is 2. The lowest BCUT2D eigenvalue weighted by atomic mass is 9.95. The number of allylic oxidation sites excluding steroid dienone is 1. The molecule has 1 aliphatic heterocycles. The molecular weight excluding hydrogens is 398 g/mol. The van der Waals surface area contributed by atoms with Gasteiger partial charge in [0.05, 0.1) is 11.6 Å². The van der Waals surface area contributed by atoms with Crippen LogP contribution >= 0.6 is 28.1 Å². The first-order chi connectivity index (χ1) is 12.0. The largest absolute Gasteiger partial charge is 0.351 e. The van der Waals surface area contributed by atoms with Crippen LogP contribution in [0.3, 0.4) is 0 Å². The van der Waals surface area contributed by atoms with Crippen LogP contribution in [0.25, 0.3) is 0 Å². The molecule has 128 valence electrons. The molecule has 0 spiro atoms. The van der Waals surface area contributed by atoms with E-state index in [1.54, 1.807) is 0 Å². The summed E-state index contributed by atoms with van der Waals surface area (Å²) < 4.78 is 0.922. The lowest BCUT2D eigenvalue weighted by Gasteiger charge is -2.31. The van der Waals surface area contributed by atoms with E-state index in [1.807, 2.05) is 62.4 Å². The van der Waals surface area contributed by atoms with E-state index in [4.69, 9.17) is 12.2 Å². The van der Waals surface area contributed by atoms with Crippen molar-refractivity contribution in [3.8, 4) is 0 Å². The van der Waals surface area contributed by atoms with Gasteiger partial charge in [0.2, 0.25) is 0 Å². The van der Waals surface area contributed by atoms with Crippen LogP contribution in [0.2, 0.25) is 0 Å². The second kappa shape index (κ2) is 7.37. The van der Waals surface area contributed by atoms with E-state index in [2.05, 4.69) is 31.9 Å². The van der Waals surface area contributed by atoms with Gasteiger partial charge in [0.15, 0.2) is 5.11 Å². The predicted octanol–water partition coefficient (Wildman–Crippen LogP) is 4.19. The number of carbonyl (C=O) groups is 1. The third-order valence-electron chi connectivity index (χ3n) is 4.12. The average Bonchev–Trinajstić information content (AvgIpc) is 2.56. The number of para-hydroxylation sites is 1. The smallest absolute Gasteiger partial charge is 0.255 e. The summed E-state index contributed by atoms with van der Waals surface area (Å²) in [4.78, 5) is 13.0. The number of nitrogens with one attached hydrogen (secondary N) is 3. The average molecular weight is 416 g/mol. The number of hydrogen-bond donors (Lipinski definition) is 3. The summed E-state index contributed by atoms with van der Waals surface area (Å²) in [7, 11) is 0. The zero-order valence-corrected chi connectivity index (χ0v) is 16.3. The lowest BCUT2D eigenvalue weighted by molar-refractivity contribution is -0.113. The van der Waals surface area contributed by atoms with E-state index in [1.165, 1.54) is 0 Å². The number of hydrogen-bond acceptors (Lipinski definition) is 2. The topological polar surface area (TPSA) is 53.2 Å².